The minimum absolute atomic E-state index is 1.50. The molecule has 0 heterocycles. The molecular weight excluding hydrogens is 995 g/mol. The van der Waals surface area contributed by atoms with E-state index in [1.165, 1.54) is 14.1 Å². The van der Waals surface area contributed by atoms with Crippen molar-refractivity contribution in [3.63, 3.8) is 0 Å². The first-order valence-electron chi connectivity index (χ1n) is 30.3. The predicted octanol–water partition coefficient (Wildman–Crippen LogP) is -35.0. The lowest BCUT2D eigenvalue weighted by atomic mass is 8.81. The van der Waals surface area contributed by atoms with Crippen LogP contribution in [0.3, 0.4) is 0 Å². The van der Waals surface area contributed by atoms with Gasteiger partial charge in [-0.05, 0) is 0 Å². The average Bonchev–Trinajstić information content (AvgIpc) is 3.57. The van der Waals surface area contributed by atoms with E-state index in [9.17, 15) is 0 Å². The van der Waals surface area contributed by atoms with Gasteiger partial charge in [0.2, 0.25) is 0 Å². The highest BCUT2D eigenvalue weighted by Crippen LogP contribution is 1.70. The van der Waals surface area contributed by atoms with E-state index in [2.05, 4.69) is 0 Å². The molecule has 0 aromatic rings. The second kappa shape index (κ2) is 97.0. The Labute approximate surface area is 644 Å². The molecule has 0 nitrogen and oxygen atoms in total. The summed E-state index contributed by atoms with van der Waals surface area (Å²) in [5.74, 6) is 0. The minimum Gasteiger partial charge on any atom is 0 e. The van der Waals surface area contributed by atoms with Crippen LogP contribution in [0.15, 0.2) is 0 Å². The molecule has 0 fully saturated rings. The van der Waals surface area contributed by atoms with Gasteiger partial charge in [0.25, 0.3) is 0 Å². The van der Waals surface area contributed by atoms with E-state index < -0.39 is 0 Å². The maximum atomic E-state index is 5.27. The molecule has 0 aromatic carbocycles. The van der Waals surface area contributed by atoms with Gasteiger partial charge in [0.1, 0.15) is 0 Å². The lowest BCUT2D eigenvalue weighted by Crippen LogP contribution is -2.38. The molecule has 92 heavy (non-hydrogen) atoms. The van der Waals surface area contributed by atoms with Gasteiger partial charge in [-0.15, -0.1) is 0 Å². The van der Waals surface area contributed by atoms with E-state index >= 15 is 0 Å². The second-order valence-electron chi connectivity index (χ2n) is 17.3. The van der Waals surface area contributed by atoms with Crippen LogP contribution in [-0.4, -0.2) is 651 Å². The molecule has 0 N–H and O–H groups in total. The molecule has 92 heteroatoms. The lowest BCUT2D eigenvalue weighted by molar-refractivity contribution is 3.76. The Kier molecular flexibility index (Phi) is 103. The molecule has 0 aliphatic heterocycles. The molecule has 0 bridgehead atoms. The highest BCUT2D eigenvalue weighted by Gasteiger charge is 2.08. The van der Waals surface area contributed by atoms with Gasteiger partial charge in [0, 0.05) is 651 Å². The first kappa shape index (κ1) is 98.0. The van der Waals surface area contributed by atoms with Crippen molar-refractivity contribution in [2.24, 2.45) is 0 Å². The van der Waals surface area contributed by atoms with Crippen LogP contribution in [0.25, 0.3) is 0 Å². The maximum Gasteiger partial charge on any atom is 0 e. The second-order valence-corrected chi connectivity index (χ2v) is 17.3. The summed E-state index contributed by atoms with van der Waals surface area (Å²) in [6, 6.07) is 0. The Balaban J connectivity index is 3.09. The molecule has 0 amide bonds. The number of hydrogen-bond donors (Lipinski definition) is 0. The molecule has 0 saturated carbocycles. The van der Waals surface area contributed by atoms with Gasteiger partial charge in [-0.2, -0.15) is 0 Å². The van der Waals surface area contributed by atoms with Crippen molar-refractivity contribution in [3.05, 3.63) is 0 Å². The van der Waals surface area contributed by atoms with E-state index in [4.69, 9.17) is 15.5 Å². The first-order valence-corrected chi connectivity index (χ1v) is 30.3. The lowest BCUT2D eigenvalue weighted by Gasteiger charge is -2.00. The molecular formula is B92. The van der Waals surface area contributed by atoms with Crippen LogP contribution in [-0.2, 0) is 0 Å². The van der Waals surface area contributed by atoms with Crippen LogP contribution in [0, 0.1) is 0 Å². The summed E-state index contributed by atoms with van der Waals surface area (Å²) >= 11 is 0. The average molecular weight is 995 g/mol. The van der Waals surface area contributed by atoms with Crippen LogP contribution >= 0.6 is 0 Å². The van der Waals surface area contributed by atoms with Crippen molar-refractivity contribution in [1.82, 2.24) is 0 Å². The van der Waals surface area contributed by atoms with Crippen LogP contribution in [0.4, 0.5) is 0 Å². The van der Waals surface area contributed by atoms with Gasteiger partial charge in [-0.3, -0.25) is 0 Å². The summed E-state index contributed by atoms with van der Waals surface area (Å²) < 4.78 is 0. The van der Waals surface area contributed by atoms with Crippen molar-refractivity contribution < 1.29 is 0 Å². The summed E-state index contributed by atoms with van der Waals surface area (Å²) in [6.45, 7) is 0. The summed E-state index contributed by atoms with van der Waals surface area (Å²) in [5, 5.41) is 0. The summed E-state index contributed by atoms with van der Waals surface area (Å²) in [4.78, 5) is 0. The third-order valence-corrected chi connectivity index (χ3v) is 9.89. The topological polar surface area (TPSA) is 0 Å². The van der Waals surface area contributed by atoms with Crippen molar-refractivity contribution >= 4 is 651 Å². The zero-order valence-corrected chi connectivity index (χ0v) is 53.1. The molecule has 0 aliphatic carbocycles. The molecule has 0 unspecified atom stereocenters. The van der Waals surface area contributed by atoms with Gasteiger partial charge in [0.05, 0.1) is 0 Å². The Morgan fingerprint density at radius 3 is 0.120 bits per heavy atom. The van der Waals surface area contributed by atoms with Gasteiger partial charge >= 0.3 is 0 Å². The smallest absolute Gasteiger partial charge is 0 e. The van der Waals surface area contributed by atoms with Crippen LogP contribution in [0.1, 0.15) is 0 Å². The van der Waals surface area contributed by atoms with E-state index in [1.54, 1.807) is 14.1 Å². The number of rotatable bonds is 89. The normalized spacial score (nSPS) is 7.87. The van der Waals surface area contributed by atoms with Crippen molar-refractivity contribution in [2.45, 2.75) is 0 Å². The Morgan fingerprint density at radius 1 is 0.0543 bits per heavy atom. The molecule has 0 saturated heterocycles. The quantitative estimate of drug-likeness (QED) is 0.0421. The van der Waals surface area contributed by atoms with Gasteiger partial charge < -0.3 is 0 Å². The number of hydrogen-bond acceptors (Lipinski definition) is 0. The van der Waals surface area contributed by atoms with Gasteiger partial charge in [0.15, 0.2) is 0 Å². The standard InChI is InChI=1S/B92/c1-3-5-7-9-11-13-15-17-19-21-23-25-27-29-31-33-35-37-39-41-43-45-47-49-51-53-55-57-59-61-63-65-67-69-71-73-75-77-79-81-83-85-87-89-91-92-90-88-86-84-82-80-78-76-74-72-70-68-66-64-62-60-58-56-54-52-50-48-46-44-42-40-38-36-34-32-30-28-26-24-22-20-18-16-14-12-10-8-6-4-2. The summed E-state index contributed by atoms with van der Waals surface area (Å²) in [6.07, 6.45) is 0. The fourth-order valence-electron chi connectivity index (χ4n) is 5.65. The highest BCUT2D eigenvalue weighted by atomic mass is 12.9. The molecule has 0 spiro atoms. The summed E-state index contributed by atoms with van der Waals surface area (Å²) in [5.41, 5.74) is 0. The molecule has 0 aromatic heterocycles. The van der Waals surface area contributed by atoms with E-state index in [1.807, 2.05) is 607 Å². The third kappa shape index (κ3) is 96.0. The van der Waals surface area contributed by atoms with Crippen molar-refractivity contribution in [1.29, 1.82) is 0 Å². The van der Waals surface area contributed by atoms with Gasteiger partial charge in [-0.25, -0.2) is 0 Å². The Bertz CT molecular complexity index is 1080. The van der Waals surface area contributed by atoms with Crippen LogP contribution < -0.4 is 0 Å². The largest absolute Gasteiger partial charge is 0 e. The maximum absolute atomic E-state index is 5.27. The zero-order valence-electron chi connectivity index (χ0n) is 53.1. The minimum atomic E-state index is 1.50. The first-order chi connectivity index (χ1) is 45.9. The molecule has 0 aliphatic rings. The van der Waals surface area contributed by atoms with Crippen LogP contribution in [0.2, 0.25) is 0 Å². The highest BCUT2D eigenvalue weighted by molar-refractivity contribution is 7.84. The molecule has 0 rings (SSSR count). The summed E-state index contributed by atoms with van der Waals surface area (Å²) in [7, 11) is 188. The Hall–Kier alpha value is 5.97. The van der Waals surface area contributed by atoms with E-state index in [-0.39, 0.29) is 0 Å². The van der Waals surface area contributed by atoms with Crippen molar-refractivity contribution in [3.8, 4) is 0 Å². The van der Waals surface area contributed by atoms with E-state index in [0.29, 0.717) is 0 Å². The van der Waals surface area contributed by atoms with Gasteiger partial charge in [-0.1, -0.05) is 0 Å². The fraction of sp³-hybridized carbons (Fsp3) is 0. The van der Waals surface area contributed by atoms with Crippen molar-refractivity contribution in [2.75, 3.05) is 0 Å². The zero-order chi connectivity index (χ0) is 65.6. The Morgan fingerprint density at radius 2 is 0.0870 bits per heavy atom. The van der Waals surface area contributed by atoms with E-state index in [0.717, 1.165) is 0 Å². The SMILES string of the molecule is [B][B][B][B][B][B][B][B][B][B][B][B][B][B][B][B][B][B][B][B][B][B][B][B][B][B][B][B][B][B][B][B][B][B][B][B][B][B][B][B][B][B][B][B][B][B][B][B][B][B][B][B][B][B][B][B][B][B][B][B][B][B][B][B][B][B][B][B][B][B][B][B][B][B][B][B][B][B][B][B][B][B][B][B][B][B][B][B][B][B][B][B]. The monoisotopic (exact) mass is 1010 g/mol. The fourth-order valence-corrected chi connectivity index (χ4v) is 5.65. The molecule has 276 valence electrons. The third-order valence-electron chi connectivity index (χ3n) is 9.89. The predicted molar refractivity (Wildman–Crippen MR) is 529 cm³/mol. The molecule has 94 radical (unpaired) electrons. The molecule has 0 atom stereocenters. The van der Waals surface area contributed by atoms with Crippen LogP contribution in [0.5, 0.6) is 0 Å².